The molecule has 2 aromatic rings. The molecule has 0 aliphatic heterocycles. The van der Waals surface area contributed by atoms with Crippen LogP contribution in [0.3, 0.4) is 0 Å². The van der Waals surface area contributed by atoms with Crippen LogP contribution in [0.4, 0.5) is 0 Å². The Morgan fingerprint density at radius 3 is 2.70 bits per heavy atom. The van der Waals surface area contributed by atoms with E-state index in [9.17, 15) is 0 Å². The molecule has 0 bridgehead atoms. The smallest absolute Gasteiger partial charge is 0.0947 e. The zero-order valence-corrected chi connectivity index (χ0v) is 13.4. The molecule has 0 aliphatic rings. The van der Waals surface area contributed by atoms with Gasteiger partial charge in [0.25, 0.3) is 0 Å². The van der Waals surface area contributed by atoms with Crippen molar-refractivity contribution in [2.24, 2.45) is 5.92 Å². The number of thiophene rings is 1. The summed E-state index contributed by atoms with van der Waals surface area (Å²) in [4.78, 5) is 5.14. The monoisotopic (exact) mass is 292 g/mol. The van der Waals surface area contributed by atoms with Crippen molar-refractivity contribution in [1.29, 1.82) is 0 Å². The van der Waals surface area contributed by atoms with Gasteiger partial charge < -0.3 is 9.73 Å². The fourth-order valence-corrected chi connectivity index (χ4v) is 3.17. The Bertz CT molecular complexity index is 490. The molecule has 2 aromatic heterocycles. The molecule has 110 valence electrons. The van der Waals surface area contributed by atoms with Gasteiger partial charge in [-0.25, -0.2) is 0 Å². The van der Waals surface area contributed by atoms with Crippen LogP contribution in [0, 0.1) is 5.92 Å². The number of furan rings is 1. The second-order valence-electron chi connectivity index (χ2n) is 5.70. The second-order valence-corrected chi connectivity index (χ2v) is 6.95. The molecule has 2 heterocycles. The van der Waals surface area contributed by atoms with Crippen LogP contribution in [0.25, 0.3) is 0 Å². The maximum Gasteiger partial charge on any atom is 0.0947 e. The fraction of sp³-hybridized carbons (Fsp3) is 0.500. The summed E-state index contributed by atoms with van der Waals surface area (Å²) >= 11 is 1.90. The van der Waals surface area contributed by atoms with Gasteiger partial charge in [-0.2, -0.15) is 0 Å². The standard InChI is InChI=1S/C16H24N2OS/c1-13(2)8-17-9-15-4-5-16(20-15)11-18(3)10-14-6-7-19-12-14/h4-7,12-13,17H,8-11H2,1-3H3. The summed E-state index contributed by atoms with van der Waals surface area (Å²) < 4.78 is 5.10. The lowest BCUT2D eigenvalue weighted by Gasteiger charge is -2.14. The van der Waals surface area contributed by atoms with Gasteiger partial charge in [0.1, 0.15) is 0 Å². The molecule has 0 amide bonds. The topological polar surface area (TPSA) is 28.4 Å². The van der Waals surface area contributed by atoms with Crippen LogP contribution in [-0.4, -0.2) is 18.5 Å². The molecular weight excluding hydrogens is 268 g/mol. The van der Waals surface area contributed by atoms with E-state index in [0.29, 0.717) is 5.92 Å². The van der Waals surface area contributed by atoms with Crippen LogP contribution in [0.15, 0.2) is 35.1 Å². The first-order chi connectivity index (χ1) is 9.63. The van der Waals surface area contributed by atoms with Crippen molar-refractivity contribution in [2.45, 2.75) is 33.5 Å². The first-order valence-electron chi connectivity index (χ1n) is 7.11. The largest absolute Gasteiger partial charge is 0.472 e. The van der Waals surface area contributed by atoms with E-state index >= 15 is 0 Å². The van der Waals surface area contributed by atoms with Gasteiger partial charge in [-0.15, -0.1) is 11.3 Å². The first-order valence-corrected chi connectivity index (χ1v) is 7.93. The molecule has 3 nitrogen and oxygen atoms in total. The second kappa shape index (κ2) is 7.62. The molecule has 0 aromatic carbocycles. The summed E-state index contributed by atoms with van der Waals surface area (Å²) in [6.45, 7) is 8.44. The maximum absolute atomic E-state index is 5.10. The van der Waals surface area contributed by atoms with Crippen LogP contribution < -0.4 is 5.32 Å². The van der Waals surface area contributed by atoms with Crippen molar-refractivity contribution in [3.63, 3.8) is 0 Å². The summed E-state index contributed by atoms with van der Waals surface area (Å²) in [5, 5.41) is 3.49. The van der Waals surface area contributed by atoms with Crippen LogP contribution in [0.2, 0.25) is 0 Å². The Kier molecular flexibility index (Phi) is 5.83. The summed E-state index contributed by atoms with van der Waals surface area (Å²) in [7, 11) is 2.14. The lowest BCUT2D eigenvalue weighted by Crippen LogP contribution is -2.18. The number of nitrogens with zero attached hydrogens (tertiary/aromatic N) is 1. The van der Waals surface area contributed by atoms with Crippen molar-refractivity contribution in [1.82, 2.24) is 10.2 Å². The molecule has 0 saturated heterocycles. The van der Waals surface area contributed by atoms with Crippen LogP contribution in [0.5, 0.6) is 0 Å². The minimum absolute atomic E-state index is 0.704. The number of nitrogens with one attached hydrogen (secondary N) is 1. The van der Waals surface area contributed by atoms with E-state index in [0.717, 1.165) is 26.2 Å². The van der Waals surface area contributed by atoms with Gasteiger partial charge in [0.2, 0.25) is 0 Å². The van der Waals surface area contributed by atoms with Crippen LogP contribution in [0.1, 0.15) is 29.2 Å². The van der Waals surface area contributed by atoms with E-state index in [4.69, 9.17) is 4.42 Å². The summed E-state index contributed by atoms with van der Waals surface area (Å²) in [5.41, 5.74) is 1.22. The van der Waals surface area contributed by atoms with Gasteiger partial charge in [-0.05, 0) is 37.7 Å². The maximum atomic E-state index is 5.10. The average Bonchev–Trinajstić information content (AvgIpc) is 3.01. The number of rotatable bonds is 8. The molecule has 0 saturated carbocycles. The van der Waals surface area contributed by atoms with E-state index in [1.54, 1.807) is 6.26 Å². The van der Waals surface area contributed by atoms with E-state index in [-0.39, 0.29) is 0 Å². The van der Waals surface area contributed by atoms with Crippen molar-refractivity contribution in [3.8, 4) is 0 Å². The van der Waals surface area contributed by atoms with Gasteiger partial charge in [0.05, 0.1) is 12.5 Å². The zero-order valence-electron chi connectivity index (χ0n) is 12.6. The predicted octanol–water partition coefficient (Wildman–Crippen LogP) is 3.72. The number of hydrogen-bond donors (Lipinski definition) is 1. The van der Waals surface area contributed by atoms with E-state index in [2.05, 4.69) is 43.2 Å². The van der Waals surface area contributed by atoms with Gasteiger partial charge in [0, 0.05) is 35.0 Å². The van der Waals surface area contributed by atoms with Gasteiger partial charge in [-0.3, -0.25) is 4.90 Å². The molecule has 0 aliphatic carbocycles. The molecule has 4 heteroatoms. The van der Waals surface area contributed by atoms with Crippen molar-refractivity contribution in [3.05, 3.63) is 46.0 Å². The minimum Gasteiger partial charge on any atom is -0.472 e. The van der Waals surface area contributed by atoms with E-state index < -0.39 is 0 Å². The minimum atomic E-state index is 0.704. The molecule has 0 spiro atoms. The molecule has 0 atom stereocenters. The van der Waals surface area contributed by atoms with E-state index in [1.165, 1.54) is 15.3 Å². The highest BCUT2D eigenvalue weighted by Crippen LogP contribution is 2.18. The highest BCUT2D eigenvalue weighted by Gasteiger charge is 2.06. The molecular formula is C16H24N2OS. The van der Waals surface area contributed by atoms with Crippen molar-refractivity contribution in [2.75, 3.05) is 13.6 Å². The van der Waals surface area contributed by atoms with Gasteiger partial charge >= 0.3 is 0 Å². The highest BCUT2D eigenvalue weighted by atomic mass is 32.1. The normalized spacial score (nSPS) is 11.7. The molecule has 0 radical (unpaired) electrons. The third kappa shape index (κ3) is 5.12. The lowest BCUT2D eigenvalue weighted by molar-refractivity contribution is 0.320. The van der Waals surface area contributed by atoms with Crippen molar-refractivity contribution < 1.29 is 4.42 Å². The lowest BCUT2D eigenvalue weighted by atomic mass is 10.2. The first kappa shape index (κ1) is 15.3. The Morgan fingerprint density at radius 1 is 1.20 bits per heavy atom. The van der Waals surface area contributed by atoms with Crippen LogP contribution in [-0.2, 0) is 19.6 Å². The Labute approximate surface area is 125 Å². The third-order valence-electron chi connectivity index (χ3n) is 3.03. The SMILES string of the molecule is CC(C)CNCc1ccc(CN(C)Cc2ccoc2)s1. The zero-order chi connectivity index (χ0) is 14.4. The molecule has 2 rings (SSSR count). The Hall–Kier alpha value is -1.10. The Balaban J connectivity index is 1.77. The summed E-state index contributed by atoms with van der Waals surface area (Å²) in [5.74, 6) is 0.704. The fourth-order valence-electron chi connectivity index (χ4n) is 2.10. The van der Waals surface area contributed by atoms with Gasteiger partial charge in [-0.1, -0.05) is 13.8 Å². The quantitative estimate of drug-likeness (QED) is 0.804. The Morgan fingerprint density at radius 2 is 2.00 bits per heavy atom. The molecule has 20 heavy (non-hydrogen) atoms. The number of hydrogen-bond acceptors (Lipinski definition) is 4. The molecule has 0 fully saturated rings. The highest BCUT2D eigenvalue weighted by molar-refractivity contribution is 7.11. The van der Waals surface area contributed by atoms with Crippen molar-refractivity contribution >= 4 is 11.3 Å². The molecule has 0 unspecified atom stereocenters. The summed E-state index contributed by atoms with van der Waals surface area (Å²) in [6.07, 6.45) is 3.54. The van der Waals surface area contributed by atoms with Crippen LogP contribution >= 0.6 is 11.3 Å². The van der Waals surface area contributed by atoms with E-state index in [1.807, 2.05) is 23.7 Å². The van der Waals surface area contributed by atoms with Gasteiger partial charge in [0.15, 0.2) is 0 Å². The average molecular weight is 292 g/mol. The molecule has 1 N–H and O–H groups in total. The summed E-state index contributed by atoms with van der Waals surface area (Å²) in [6, 6.07) is 6.49. The predicted molar refractivity (Wildman–Crippen MR) is 84.7 cm³/mol. The third-order valence-corrected chi connectivity index (χ3v) is 4.10.